The number of alkyl halides is 3. The van der Waals surface area contributed by atoms with E-state index in [-0.39, 0.29) is 36.4 Å². The van der Waals surface area contributed by atoms with Crippen molar-refractivity contribution < 1.29 is 32.2 Å². The lowest BCUT2D eigenvalue weighted by molar-refractivity contribution is -0.137. The van der Waals surface area contributed by atoms with E-state index < -0.39 is 34.9 Å². The first-order valence-corrected chi connectivity index (χ1v) is 10.1. The van der Waals surface area contributed by atoms with E-state index in [0.29, 0.717) is 5.56 Å². The van der Waals surface area contributed by atoms with Crippen molar-refractivity contribution in [3.8, 4) is 23.0 Å². The molecule has 3 aromatic rings. The lowest BCUT2D eigenvalue weighted by Gasteiger charge is -2.24. The third kappa shape index (κ3) is 4.52. The molecular formula is C23H19F3N4O4. The molecule has 4 rings (SSSR count). The van der Waals surface area contributed by atoms with Crippen molar-refractivity contribution in [3.63, 3.8) is 0 Å². The Kier molecular flexibility index (Phi) is 5.69. The van der Waals surface area contributed by atoms with Gasteiger partial charge < -0.3 is 19.2 Å². The van der Waals surface area contributed by atoms with Crippen LogP contribution < -0.4 is 4.74 Å². The Bertz CT molecular complexity index is 1280. The largest absolute Gasteiger partial charge is 0.508 e. The molecule has 0 spiro atoms. The molecule has 1 atom stereocenters. The Morgan fingerprint density at radius 1 is 1.26 bits per heavy atom. The van der Waals surface area contributed by atoms with Crippen LogP contribution in [0.3, 0.4) is 0 Å². The topological polar surface area (TPSA) is 93.0 Å². The Hall–Kier alpha value is -4.07. The molecule has 1 amide bonds. The van der Waals surface area contributed by atoms with E-state index in [2.05, 4.69) is 15.0 Å². The van der Waals surface area contributed by atoms with Gasteiger partial charge in [0.1, 0.15) is 11.5 Å². The number of hydrogen-bond acceptors (Lipinski definition) is 6. The summed E-state index contributed by atoms with van der Waals surface area (Å²) in [5.41, 5.74) is -1.89. The molecule has 176 valence electrons. The summed E-state index contributed by atoms with van der Waals surface area (Å²) in [6.07, 6.45) is -5.79. The zero-order valence-electron chi connectivity index (χ0n) is 18.1. The van der Waals surface area contributed by atoms with E-state index in [1.807, 2.05) is 0 Å². The third-order valence-corrected chi connectivity index (χ3v) is 5.38. The summed E-state index contributed by atoms with van der Waals surface area (Å²) in [5.74, 6) is -0.234. The highest BCUT2D eigenvalue weighted by Gasteiger charge is 2.48. The number of carbonyl (C=O) groups excluding carboxylic acids is 1. The highest BCUT2D eigenvalue weighted by Crippen LogP contribution is 2.40. The third-order valence-electron chi connectivity index (χ3n) is 5.38. The molecule has 1 unspecified atom stereocenters. The molecule has 34 heavy (non-hydrogen) atoms. The summed E-state index contributed by atoms with van der Waals surface area (Å²) >= 11 is 0. The van der Waals surface area contributed by atoms with Gasteiger partial charge in [0.15, 0.2) is 11.8 Å². The summed E-state index contributed by atoms with van der Waals surface area (Å²) in [4.78, 5) is 17.4. The second-order valence-electron chi connectivity index (χ2n) is 8.52. The van der Waals surface area contributed by atoms with Crippen molar-refractivity contribution >= 4 is 11.6 Å². The van der Waals surface area contributed by atoms with E-state index in [9.17, 15) is 23.1 Å². The van der Waals surface area contributed by atoms with Crippen LogP contribution in [-0.2, 0) is 17.5 Å². The maximum atomic E-state index is 13.3. The number of halogens is 3. The Morgan fingerprint density at radius 2 is 2.03 bits per heavy atom. The van der Waals surface area contributed by atoms with Gasteiger partial charge in [0, 0.05) is 17.5 Å². The van der Waals surface area contributed by atoms with Gasteiger partial charge in [-0.2, -0.15) is 13.2 Å². The number of aromatic nitrogens is 2. The van der Waals surface area contributed by atoms with Gasteiger partial charge in [-0.25, -0.2) is 4.85 Å². The maximum Gasteiger partial charge on any atom is 0.407 e. The molecule has 2 aromatic carbocycles. The van der Waals surface area contributed by atoms with Crippen LogP contribution in [0.1, 0.15) is 25.3 Å². The van der Waals surface area contributed by atoms with E-state index in [4.69, 9.17) is 15.7 Å². The summed E-state index contributed by atoms with van der Waals surface area (Å²) < 4.78 is 51.2. The van der Waals surface area contributed by atoms with Gasteiger partial charge in [-0.15, -0.1) is 10.2 Å². The van der Waals surface area contributed by atoms with Crippen LogP contribution in [0.5, 0.6) is 11.5 Å². The molecule has 2 heterocycles. The fourth-order valence-corrected chi connectivity index (χ4v) is 3.78. The molecule has 1 aromatic heterocycles. The first-order valence-electron chi connectivity index (χ1n) is 10.1. The molecule has 0 bridgehead atoms. The maximum absolute atomic E-state index is 13.3. The average molecular weight is 472 g/mol. The predicted molar refractivity (Wildman–Crippen MR) is 113 cm³/mol. The number of phenolic OH excluding ortho intramolecular Hbond substituents is 1. The van der Waals surface area contributed by atoms with Gasteiger partial charge in [-0.1, -0.05) is 26.0 Å². The number of phenols is 1. The molecule has 1 aliphatic heterocycles. The van der Waals surface area contributed by atoms with Gasteiger partial charge in [0.05, 0.1) is 18.7 Å². The average Bonchev–Trinajstić information content (AvgIpc) is 3.31. The van der Waals surface area contributed by atoms with Crippen LogP contribution in [-0.4, -0.2) is 38.8 Å². The lowest BCUT2D eigenvalue weighted by atomic mass is 9.89. The number of ether oxygens (including phenoxy) is 1. The van der Waals surface area contributed by atoms with Gasteiger partial charge in [0.25, 0.3) is 5.91 Å². The van der Waals surface area contributed by atoms with Crippen molar-refractivity contribution in [3.05, 3.63) is 65.3 Å². The van der Waals surface area contributed by atoms with Crippen LogP contribution in [0.4, 0.5) is 18.9 Å². The number of nitrogens with zero attached hydrogens (tertiary/aromatic N) is 4. The van der Waals surface area contributed by atoms with Crippen molar-refractivity contribution in [1.29, 1.82) is 0 Å². The standard InChI is InChI=1S/C23H19F3N4O4/c1-22(2)12-30(11-18-28-29-20(34-18)13-5-4-6-14(31)9-13)21(32)19(22)33-15-7-8-17(27-3)16(10-15)23(24,25)26/h4-10,19,31H,11-12H2,1-2H3. The second-order valence-corrected chi connectivity index (χ2v) is 8.52. The molecule has 11 heteroatoms. The first-order chi connectivity index (χ1) is 16.0. The molecular weight excluding hydrogens is 453 g/mol. The number of carbonyl (C=O) groups is 1. The number of rotatable bonds is 5. The monoisotopic (exact) mass is 472 g/mol. The van der Waals surface area contributed by atoms with Gasteiger partial charge >= 0.3 is 6.18 Å². The van der Waals surface area contributed by atoms with Crippen molar-refractivity contribution in [2.45, 2.75) is 32.7 Å². The molecule has 0 saturated carbocycles. The molecule has 1 N–H and O–H groups in total. The van der Waals surface area contributed by atoms with E-state index in [1.165, 1.54) is 23.1 Å². The minimum atomic E-state index is -4.73. The van der Waals surface area contributed by atoms with E-state index in [0.717, 1.165) is 12.1 Å². The number of hydrogen-bond donors (Lipinski definition) is 1. The quantitative estimate of drug-likeness (QED) is 0.535. The van der Waals surface area contributed by atoms with Gasteiger partial charge in [-0.3, -0.25) is 4.79 Å². The molecule has 1 fully saturated rings. The Balaban J connectivity index is 1.52. The molecule has 0 aliphatic carbocycles. The Labute approximate surface area is 192 Å². The highest BCUT2D eigenvalue weighted by molar-refractivity contribution is 5.84. The van der Waals surface area contributed by atoms with Gasteiger partial charge in [-0.05, 0) is 30.3 Å². The summed E-state index contributed by atoms with van der Waals surface area (Å²) in [7, 11) is 0. The summed E-state index contributed by atoms with van der Waals surface area (Å²) in [6, 6.07) is 9.26. The predicted octanol–water partition coefficient (Wildman–Crippen LogP) is 4.83. The van der Waals surface area contributed by atoms with Crippen LogP contribution >= 0.6 is 0 Å². The Morgan fingerprint density at radius 3 is 2.71 bits per heavy atom. The van der Waals surface area contributed by atoms with Crippen molar-refractivity contribution in [2.24, 2.45) is 5.41 Å². The highest BCUT2D eigenvalue weighted by atomic mass is 19.4. The van der Waals surface area contributed by atoms with Crippen LogP contribution in [0.15, 0.2) is 46.9 Å². The lowest BCUT2D eigenvalue weighted by Crippen LogP contribution is -2.36. The smallest absolute Gasteiger partial charge is 0.407 e. The molecule has 0 radical (unpaired) electrons. The van der Waals surface area contributed by atoms with Crippen molar-refractivity contribution in [2.75, 3.05) is 6.54 Å². The number of likely N-dealkylation sites (tertiary alicyclic amines) is 1. The minimum Gasteiger partial charge on any atom is -0.508 e. The molecule has 1 aliphatic rings. The van der Waals surface area contributed by atoms with Crippen LogP contribution in [0.25, 0.3) is 16.3 Å². The van der Waals surface area contributed by atoms with E-state index >= 15 is 0 Å². The SMILES string of the molecule is [C-]#[N+]c1ccc(OC2C(=O)N(Cc3nnc(-c4cccc(O)c4)o3)CC2(C)C)cc1C(F)(F)F. The summed E-state index contributed by atoms with van der Waals surface area (Å²) in [6.45, 7) is 10.7. The van der Waals surface area contributed by atoms with Crippen molar-refractivity contribution in [1.82, 2.24) is 15.1 Å². The zero-order valence-corrected chi connectivity index (χ0v) is 18.1. The zero-order chi connectivity index (χ0) is 24.7. The normalized spacial score (nSPS) is 17.6. The van der Waals surface area contributed by atoms with Crippen LogP contribution in [0.2, 0.25) is 0 Å². The van der Waals surface area contributed by atoms with Gasteiger partial charge in [0.2, 0.25) is 11.8 Å². The fourth-order valence-electron chi connectivity index (χ4n) is 3.78. The fraction of sp³-hybridized carbons (Fsp3) is 0.304. The second kappa shape index (κ2) is 8.37. The molecule has 1 saturated heterocycles. The minimum absolute atomic E-state index is 0.0155. The number of amides is 1. The van der Waals surface area contributed by atoms with E-state index in [1.54, 1.807) is 26.0 Å². The first kappa shape index (κ1) is 23.1. The van der Waals surface area contributed by atoms with Crippen LogP contribution in [0, 0.1) is 12.0 Å². The summed E-state index contributed by atoms with van der Waals surface area (Å²) in [5, 5.41) is 17.5. The molecule has 8 nitrogen and oxygen atoms in total. The number of aromatic hydroxyl groups is 1. The number of benzene rings is 2.